The highest BCUT2D eigenvalue weighted by Gasteiger charge is 2.17. The molecule has 7 heteroatoms. The Morgan fingerprint density at radius 2 is 1.96 bits per heavy atom. The number of Topliss-reactive ketones (excluding diaryl/α,β-unsaturated/α-hetero) is 1. The van der Waals surface area contributed by atoms with Crippen LogP contribution in [0.4, 0.5) is 4.39 Å². The van der Waals surface area contributed by atoms with Crippen molar-refractivity contribution in [3.8, 4) is 5.75 Å². The van der Waals surface area contributed by atoms with Gasteiger partial charge in [-0.05, 0) is 38.1 Å². The third-order valence-electron chi connectivity index (χ3n) is 3.89. The Labute approximate surface area is 153 Å². The lowest BCUT2D eigenvalue weighted by Gasteiger charge is -2.09. The van der Waals surface area contributed by atoms with Crippen LogP contribution in [0.15, 0.2) is 28.7 Å². The van der Waals surface area contributed by atoms with Crippen LogP contribution < -0.4 is 4.74 Å². The summed E-state index contributed by atoms with van der Waals surface area (Å²) in [4.78, 5) is 23.7. The van der Waals surface area contributed by atoms with E-state index in [1.807, 2.05) is 11.5 Å². The number of aryl methyl sites for hydroxylation is 1. The molecule has 0 spiro atoms. The summed E-state index contributed by atoms with van der Waals surface area (Å²) in [5, 5.41) is 0. The predicted octanol–water partition coefficient (Wildman–Crippen LogP) is 3.83. The van der Waals surface area contributed by atoms with Crippen molar-refractivity contribution >= 4 is 27.7 Å². The van der Waals surface area contributed by atoms with E-state index in [-0.39, 0.29) is 30.5 Å². The summed E-state index contributed by atoms with van der Waals surface area (Å²) in [6.07, 6.45) is 0.223. The van der Waals surface area contributed by atoms with E-state index in [1.165, 1.54) is 19.2 Å². The molecule has 1 aromatic heterocycles. The molecule has 0 saturated heterocycles. The first-order valence-electron chi connectivity index (χ1n) is 7.68. The normalized spacial score (nSPS) is 10.6. The van der Waals surface area contributed by atoms with Crippen molar-refractivity contribution in [1.29, 1.82) is 0 Å². The lowest BCUT2D eigenvalue weighted by atomic mass is 10.1. The molecular formula is C18H19BrFNO4. The number of ketones is 1. The van der Waals surface area contributed by atoms with Crippen LogP contribution in [0.2, 0.25) is 0 Å². The molecule has 2 aromatic rings. The number of halogens is 2. The number of benzene rings is 1. The van der Waals surface area contributed by atoms with Crippen molar-refractivity contribution in [3.05, 3.63) is 51.5 Å². The zero-order chi connectivity index (χ0) is 18.6. The summed E-state index contributed by atoms with van der Waals surface area (Å²) in [7, 11) is 1.34. The average molecular weight is 412 g/mol. The number of methoxy groups -OCH3 is 1. The van der Waals surface area contributed by atoms with E-state index in [1.54, 1.807) is 19.1 Å². The van der Waals surface area contributed by atoms with Crippen LogP contribution in [-0.4, -0.2) is 30.0 Å². The van der Waals surface area contributed by atoms with Gasteiger partial charge in [0.05, 0.1) is 13.5 Å². The second-order valence-corrected chi connectivity index (χ2v) is 6.46. The fourth-order valence-corrected chi connectivity index (χ4v) is 2.88. The summed E-state index contributed by atoms with van der Waals surface area (Å²) in [6.45, 7) is 3.83. The number of carbonyl (C=O) groups excluding carboxylic acids is 2. The lowest BCUT2D eigenvalue weighted by molar-refractivity contribution is -0.140. The summed E-state index contributed by atoms with van der Waals surface area (Å²) in [6, 6.07) is 6.13. The molecule has 0 saturated carbocycles. The molecule has 0 amide bonds. The predicted molar refractivity (Wildman–Crippen MR) is 94.5 cm³/mol. The average Bonchev–Trinajstić information content (AvgIpc) is 2.86. The maximum Gasteiger partial charge on any atom is 0.307 e. The number of esters is 1. The van der Waals surface area contributed by atoms with Gasteiger partial charge in [0, 0.05) is 28.0 Å². The Balaban J connectivity index is 2.07. The molecule has 0 N–H and O–H groups in total. The molecule has 0 bridgehead atoms. The molecule has 0 radical (unpaired) electrons. The van der Waals surface area contributed by atoms with Crippen molar-refractivity contribution in [1.82, 2.24) is 4.57 Å². The van der Waals surface area contributed by atoms with Gasteiger partial charge in [-0.3, -0.25) is 9.59 Å². The van der Waals surface area contributed by atoms with Crippen molar-refractivity contribution in [3.63, 3.8) is 0 Å². The van der Waals surface area contributed by atoms with Crippen LogP contribution in [0, 0.1) is 19.7 Å². The Hall–Kier alpha value is -2.15. The maximum absolute atomic E-state index is 13.7. The SMILES string of the molecule is COC(=O)CCn1c(C)cc(C(=O)COc2ccc(Br)cc2F)c1C. The van der Waals surface area contributed by atoms with Crippen LogP contribution >= 0.6 is 15.9 Å². The van der Waals surface area contributed by atoms with Crippen molar-refractivity contribution < 1.29 is 23.5 Å². The number of hydrogen-bond acceptors (Lipinski definition) is 4. The first kappa shape index (κ1) is 19.2. The minimum atomic E-state index is -0.536. The molecule has 5 nitrogen and oxygen atoms in total. The largest absolute Gasteiger partial charge is 0.482 e. The third-order valence-corrected chi connectivity index (χ3v) is 4.39. The Kier molecular flexibility index (Phi) is 6.36. The number of carbonyl (C=O) groups is 2. The van der Waals surface area contributed by atoms with Gasteiger partial charge in [-0.1, -0.05) is 15.9 Å². The highest BCUT2D eigenvalue weighted by atomic mass is 79.9. The van der Waals surface area contributed by atoms with Crippen molar-refractivity contribution in [2.75, 3.05) is 13.7 Å². The molecule has 0 unspecified atom stereocenters. The van der Waals surface area contributed by atoms with E-state index < -0.39 is 5.82 Å². The van der Waals surface area contributed by atoms with Gasteiger partial charge >= 0.3 is 5.97 Å². The van der Waals surface area contributed by atoms with Gasteiger partial charge in [0.15, 0.2) is 18.2 Å². The van der Waals surface area contributed by atoms with Crippen LogP contribution in [-0.2, 0) is 16.1 Å². The second kappa shape index (κ2) is 8.29. The monoisotopic (exact) mass is 411 g/mol. The van der Waals surface area contributed by atoms with Gasteiger partial charge in [0.2, 0.25) is 5.78 Å². The molecule has 1 aromatic carbocycles. The molecule has 0 aliphatic rings. The Morgan fingerprint density at radius 3 is 2.60 bits per heavy atom. The van der Waals surface area contributed by atoms with Crippen LogP contribution in [0.5, 0.6) is 5.75 Å². The standard InChI is InChI=1S/C18H19BrFNO4/c1-11-8-14(12(2)21(11)7-6-18(23)24-3)16(22)10-25-17-5-4-13(19)9-15(17)20/h4-5,8-9H,6-7,10H2,1-3H3. The Morgan fingerprint density at radius 1 is 1.24 bits per heavy atom. The molecule has 0 aliphatic heterocycles. The number of rotatable bonds is 7. The number of hydrogen-bond donors (Lipinski definition) is 0. The van der Waals surface area contributed by atoms with Gasteiger partial charge in [0.1, 0.15) is 0 Å². The van der Waals surface area contributed by atoms with Crippen molar-refractivity contribution in [2.45, 2.75) is 26.8 Å². The first-order chi connectivity index (χ1) is 11.8. The van der Waals surface area contributed by atoms with E-state index >= 15 is 0 Å². The van der Waals surface area contributed by atoms with Gasteiger partial charge in [-0.2, -0.15) is 0 Å². The zero-order valence-corrected chi connectivity index (χ0v) is 15.9. The fourth-order valence-electron chi connectivity index (χ4n) is 2.55. The van der Waals surface area contributed by atoms with E-state index in [2.05, 4.69) is 20.7 Å². The third kappa shape index (κ3) is 4.69. The van der Waals surface area contributed by atoms with Gasteiger partial charge in [0.25, 0.3) is 0 Å². The molecular weight excluding hydrogens is 393 g/mol. The summed E-state index contributed by atoms with van der Waals surface area (Å²) in [5.41, 5.74) is 2.10. The summed E-state index contributed by atoms with van der Waals surface area (Å²) < 4.78 is 26.2. The minimum absolute atomic E-state index is 0.0241. The number of aromatic nitrogens is 1. The molecule has 0 atom stereocenters. The van der Waals surface area contributed by atoms with Gasteiger partial charge < -0.3 is 14.0 Å². The topological polar surface area (TPSA) is 57.5 Å². The minimum Gasteiger partial charge on any atom is -0.482 e. The molecule has 25 heavy (non-hydrogen) atoms. The first-order valence-corrected chi connectivity index (χ1v) is 8.47. The second-order valence-electron chi connectivity index (χ2n) is 5.55. The van der Waals surface area contributed by atoms with E-state index in [0.717, 1.165) is 11.4 Å². The van der Waals surface area contributed by atoms with Crippen LogP contribution in [0.3, 0.4) is 0 Å². The highest BCUT2D eigenvalue weighted by Crippen LogP contribution is 2.22. The molecule has 0 aliphatic carbocycles. The smallest absolute Gasteiger partial charge is 0.307 e. The highest BCUT2D eigenvalue weighted by molar-refractivity contribution is 9.10. The van der Waals surface area contributed by atoms with Gasteiger partial charge in [-0.25, -0.2) is 4.39 Å². The summed E-state index contributed by atoms with van der Waals surface area (Å²) >= 11 is 3.17. The van der Waals surface area contributed by atoms with E-state index in [4.69, 9.17) is 4.74 Å². The summed E-state index contributed by atoms with van der Waals surface area (Å²) in [5.74, 6) is -1.07. The van der Waals surface area contributed by atoms with E-state index in [9.17, 15) is 14.0 Å². The quantitative estimate of drug-likeness (QED) is 0.513. The van der Waals surface area contributed by atoms with Crippen LogP contribution in [0.25, 0.3) is 0 Å². The maximum atomic E-state index is 13.7. The van der Waals surface area contributed by atoms with E-state index in [0.29, 0.717) is 16.6 Å². The molecule has 2 rings (SSSR count). The molecule has 1 heterocycles. The fraction of sp³-hybridized carbons (Fsp3) is 0.333. The number of ether oxygens (including phenoxy) is 2. The van der Waals surface area contributed by atoms with Crippen LogP contribution in [0.1, 0.15) is 28.2 Å². The molecule has 134 valence electrons. The van der Waals surface area contributed by atoms with Crippen molar-refractivity contribution in [2.24, 2.45) is 0 Å². The number of nitrogens with zero attached hydrogens (tertiary/aromatic N) is 1. The zero-order valence-electron chi connectivity index (χ0n) is 14.3. The molecule has 0 fully saturated rings. The Bertz CT molecular complexity index is 801. The van der Waals surface area contributed by atoms with Gasteiger partial charge in [-0.15, -0.1) is 0 Å². The lowest BCUT2D eigenvalue weighted by Crippen LogP contribution is -2.14.